The van der Waals surface area contributed by atoms with Gasteiger partial charge in [-0.25, -0.2) is 9.97 Å². The lowest BCUT2D eigenvalue weighted by atomic mass is 10.4. The number of halogens is 1. The first-order valence-corrected chi connectivity index (χ1v) is 6.23. The molecule has 0 aliphatic carbocycles. The molecular formula is C11H15BrN4O. The Labute approximate surface area is 109 Å². The highest BCUT2D eigenvalue weighted by atomic mass is 79.9. The summed E-state index contributed by atoms with van der Waals surface area (Å²) in [5.74, 6) is 0.572. The predicted octanol–water partition coefficient (Wildman–Crippen LogP) is 1.82. The first-order chi connectivity index (χ1) is 8.16. The van der Waals surface area contributed by atoms with Gasteiger partial charge < -0.3 is 9.64 Å². The monoisotopic (exact) mass is 298 g/mol. The maximum atomic E-state index is 5.66. The van der Waals surface area contributed by atoms with E-state index in [9.17, 15) is 0 Å². The highest BCUT2D eigenvalue weighted by Crippen LogP contribution is 2.18. The highest BCUT2D eigenvalue weighted by molar-refractivity contribution is 9.10. The average Bonchev–Trinajstić information content (AvgIpc) is 2.71. The van der Waals surface area contributed by atoms with Crippen LogP contribution < -0.4 is 4.74 Å². The lowest BCUT2D eigenvalue weighted by Crippen LogP contribution is -2.16. The third-order valence-electron chi connectivity index (χ3n) is 2.30. The summed E-state index contributed by atoms with van der Waals surface area (Å²) in [6.07, 6.45) is 6.42. The van der Waals surface area contributed by atoms with Crippen LogP contribution in [0.2, 0.25) is 0 Å². The fourth-order valence-electron chi connectivity index (χ4n) is 1.52. The van der Waals surface area contributed by atoms with E-state index in [1.165, 1.54) is 0 Å². The van der Waals surface area contributed by atoms with Crippen LogP contribution in [-0.2, 0) is 0 Å². The Morgan fingerprint density at radius 2 is 2.29 bits per heavy atom. The van der Waals surface area contributed by atoms with Crippen molar-refractivity contribution >= 4 is 21.6 Å². The largest absolute Gasteiger partial charge is 0.475 e. The molecule has 0 fully saturated rings. The molecule has 0 saturated heterocycles. The minimum absolute atomic E-state index is 0.572. The van der Waals surface area contributed by atoms with Crippen LogP contribution in [-0.4, -0.2) is 46.5 Å². The maximum absolute atomic E-state index is 5.66. The molecule has 0 amide bonds. The molecule has 5 nitrogen and oxygen atoms in total. The summed E-state index contributed by atoms with van der Waals surface area (Å²) in [7, 11) is 4.09. The normalized spacial score (nSPS) is 11.3. The summed E-state index contributed by atoms with van der Waals surface area (Å²) in [6.45, 7) is 1.64. The van der Waals surface area contributed by atoms with Gasteiger partial charge in [0.25, 0.3) is 5.88 Å². The van der Waals surface area contributed by atoms with E-state index in [0.717, 1.165) is 23.2 Å². The molecule has 2 aromatic rings. The standard InChI is InChI=1S/C11H15BrN4O/c1-15(2)5-3-7-17-11-10-13-4-6-16(10)8-9(12)14-11/h4,6,8H,3,5,7H2,1-2H3. The van der Waals surface area contributed by atoms with Crippen molar-refractivity contribution < 1.29 is 4.74 Å². The third kappa shape index (κ3) is 3.17. The van der Waals surface area contributed by atoms with Crippen molar-refractivity contribution in [3.8, 4) is 5.88 Å². The van der Waals surface area contributed by atoms with Crippen molar-refractivity contribution in [3.05, 3.63) is 23.2 Å². The van der Waals surface area contributed by atoms with E-state index >= 15 is 0 Å². The molecule has 0 spiro atoms. The fraction of sp³-hybridized carbons (Fsp3) is 0.455. The molecular weight excluding hydrogens is 284 g/mol. The Morgan fingerprint density at radius 3 is 3.06 bits per heavy atom. The van der Waals surface area contributed by atoms with Crippen molar-refractivity contribution in [1.29, 1.82) is 0 Å². The van der Waals surface area contributed by atoms with Crippen molar-refractivity contribution in [2.75, 3.05) is 27.2 Å². The van der Waals surface area contributed by atoms with Gasteiger partial charge in [0.2, 0.25) is 5.65 Å². The average molecular weight is 299 g/mol. The highest BCUT2D eigenvalue weighted by Gasteiger charge is 2.07. The lowest BCUT2D eigenvalue weighted by molar-refractivity contribution is 0.274. The number of hydrogen-bond acceptors (Lipinski definition) is 4. The Balaban J connectivity index is 2.04. The van der Waals surface area contributed by atoms with Gasteiger partial charge in [0, 0.05) is 25.1 Å². The summed E-state index contributed by atoms with van der Waals surface area (Å²) in [4.78, 5) is 10.6. The van der Waals surface area contributed by atoms with E-state index in [1.807, 2.05) is 30.9 Å². The Morgan fingerprint density at radius 1 is 1.47 bits per heavy atom. The van der Waals surface area contributed by atoms with Crippen LogP contribution in [0.5, 0.6) is 5.88 Å². The Kier molecular flexibility index (Phi) is 3.96. The van der Waals surface area contributed by atoms with Crippen molar-refractivity contribution in [1.82, 2.24) is 19.3 Å². The van der Waals surface area contributed by atoms with Crippen LogP contribution in [0, 0.1) is 0 Å². The number of ether oxygens (including phenoxy) is 1. The van der Waals surface area contributed by atoms with Crippen molar-refractivity contribution in [2.24, 2.45) is 0 Å². The van der Waals surface area contributed by atoms with Crippen LogP contribution in [0.3, 0.4) is 0 Å². The minimum Gasteiger partial charge on any atom is -0.475 e. The van der Waals surface area contributed by atoms with Crippen LogP contribution in [0.1, 0.15) is 6.42 Å². The van der Waals surface area contributed by atoms with Crippen molar-refractivity contribution in [2.45, 2.75) is 6.42 Å². The summed E-state index contributed by atoms with van der Waals surface area (Å²) >= 11 is 3.35. The van der Waals surface area contributed by atoms with Crippen LogP contribution in [0.4, 0.5) is 0 Å². The van der Waals surface area contributed by atoms with E-state index < -0.39 is 0 Å². The van der Waals surface area contributed by atoms with Gasteiger partial charge in [0.05, 0.1) is 6.61 Å². The SMILES string of the molecule is CN(C)CCCOc1nc(Br)cn2ccnc12. The molecule has 0 aliphatic heterocycles. The topological polar surface area (TPSA) is 42.7 Å². The predicted molar refractivity (Wildman–Crippen MR) is 69.4 cm³/mol. The summed E-state index contributed by atoms with van der Waals surface area (Å²) < 4.78 is 8.29. The molecule has 2 heterocycles. The van der Waals surface area contributed by atoms with Gasteiger partial charge in [0.1, 0.15) is 4.60 Å². The molecule has 2 aromatic heterocycles. The number of rotatable bonds is 5. The first-order valence-electron chi connectivity index (χ1n) is 5.43. The number of nitrogens with zero attached hydrogens (tertiary/aromatic N) is 4. The number of fused-ring (bicyclic) bond motifs is 1. The van der Waals surface area contributed by atoms with Crippen LogP contribution in [0.15, 0.2) is 23.2 Å². The number of hydrogen-bond donors (Lipinski definition) is 0. The molecule has 0 unspecified atom stereocenters. The van der Waals surface area contributed by atoms with Crippen LogP contribution in [0.25, 0.3) is 5.65 Å². The lowest BCUT2D eigenvalue weighted by Gasteiger charge is -2.10. The molecule has 0 bridgehead atoms. The quantitative estimate of drug-likeness (QED) is 0.790. The van der Waals surface area contributed by atoms with Crippen molar-refractivity contribution in [3.63, 3.8) is 0 Å². The third-order valence-corrected chi connectivity index (χ3v) is 2.68. The smallest absolute Gasteiger partial charge is 0.259 e. The number of aromatic nitrogens is 3. The first kappa shape index (κ1) is 12.3. The number of imidazole rings is 1. The molecule has 2 rings (SSSR count). The molecule has 6 heteroatoms. The Hall–Kier alpha value is -1.14. The van der Waals surface area contributed by atoms with Crippen LogP contribution >= 0.6 is 15.9 Å². The minimum atomic E-state index is 0.572. The zero-order chi connectivity index (χ0) is 12.3. The summed E-state index contributed by atoms with van der Waals surface area (Å²) in [5.41, 5.74) is 0.748. The van der Waals surface area contributed by atoms with Gasteiger partial charge >= 0.3 is 0 Å². The van der Waals surface area contributed by atoms with Gasteiger partial charge in [-0.15, -0.1) is 0 Å². The van der Waals surface area contributed by atoms with E-state index in [1.54, 1.807) is 6.20 Å². The van der Waals surface area contributed by atoms with E-state index in [0.29, 0.717) is 12.5 Å². The molecule has 0 radical (unpaired) electrons. The summed E-state index contributed by atoms with van der Waals surface area (Å²) in [5, 5.41) is 0. The van der Waals surface area contributed by atoms with Gasteiger partial charge in [-0.05, 0) is 36.4 Å². The summed E-state index contributed by atoms with van der Waals surface area (Å²) in [6, 6.07) is 0. The molecule has 92 valence electrons. The molecule has 0 aliphatic rings. The second kappa shape index (κ2) is 5.46. The second-order valence-corrected chi connectivity index (χ2v) is 4.84. The van der Waals surface area contributed by atoms with E-state index in [2.05, 4.69) is 30.8 Å². The van der Waals surface area contributed by atoms with E-state index in [-0.39, 0.29) is 0 Å². The van der Waals surface area contributed by atoms with Gasteiger partial charge in [-0.3, -0.25) is 4.40 Å². The van der Waals surface area contributed by atoms with Gasteiger partial charge in [-0.2, -0.15) is 0 Å². The fourth-order valence-corrected chi connectivity index (χ4v) is 1.90. The zero-order valence-electron chi connectivity index (χ0n) is 9.93. The molecule has 0 saturated carbocycles. The Bertz CT molecular complexity index is 497. The maximum Gasteiger partial charge on any atom is 0.259 e. The molecule has 17 heavy (non-hydrogen) atoms. The van der Waals surface area contributed by atoms with E-state index in [4.69, 9.17) is 4.74 Å². The molecule has 0 aromatic carbocycles. The second-order valence-electron chi connectivity index (χ2n) is 4.03. The molecule has 0 N–H and O–H groups in total. The van der Waals surface area contributed by atoms with Gasteiger partial charge in [-0.1, -0.05) is 0 Å². The van der Waals surface area contributed by atoms with Gasteiger partial charge in [0.15, 0.2) is 0 Å². The molecule has 0 atom stereocenters. The zero-order valence-corrected chi connectivity index (χ0v) is 11.5.